The second-order valence-corrected chi connectivity index (χ2v) is 2.74. The van der Waals surface area contributed by atoms with Crippen LogP contribution in [0.3, 0.4) is 0 Å². The molecule has 0 amide bonds. The van der Waals surface area contributed by atoms with E-state index in [2.05, 4.69) is 0 Å². The third-order valence-corrected chi connectivity index (χ3v) is 1.73. The van der Waals surface area contributed by atoms with Crippen molar-refractivity contribution in [1.82, 2.24) is 0 Å². The molecule has 3 N–H and O–H groups in total. The molecule has 0 rings (SSSR count). The van der Waals surface area contributed by atoms with Gasteiger partial charge in [-0.3, -0.25) is 0 Å². The van der Waals surface area contributed by atoms with Crippen LogP contribution < -0.4 is 5.73 Å². The molecule has 70 valence electrons. The zero-order valence-corrected chi connectivity index (χ0v) is 7.10. The molecule has 1 atom stereocenters. The van der Waals surface area contributed by atoms with Crippen LogP contribution in [0.1, 0.15) is 0 Å². The molecule has 0 fully saturated rings. The molecular weight excluding hydrogens is 203 g/mol. The fourth-order valence-corrected chi connectivity index (χ4v) is 0.822. The fraction of sp³-hybridized carbons (Fsp3) is 1.00. The summed E-state index contributed by atoms with van der Waals surface area (Å²) in [5.41, 5.74) is 2.63. The van der Waals surface area contributed by atoms with Gasteiger partial charge < -0.3 is 10.8 Å². The van der Waals surface area contributed by atoms with E-state index in [4.69, 9.17) is 10.8 Å². The van der Waals surface area contributed by atoms with E-state index in [0.717, 1.165) is 0 Å². The Morgan fingerprint density at radius 2 is 1.91 bits per heavy atom. The number of nitrogens with two attached hydrogens (primary N) is 1. The molecule has 0 saturated heterocycles. The van der Waals surface area contributed by atoms with E-state index in [-0.39, 0.29) is 24.7 Å². The molecule has 0 bridgehead atoms. The highest BCUT2D eigenvalue weighted by atomic mass is 35.5. The van der Waals surface area contributed by atoms with Crippen LogP contribution in [0, 0.1) is 0 Å². The average molecular weight is 212 g/mol. The van der Waals surface area contributed by atoms with Crippen LogP contribution in [0.4, 0.5) is 13.2 Å². The number of aliphatic hydroxyl groups excluding tert-OH is 1. The molecule has 0 aromatic carbocycles. The Bertz CT molecular complexity index is 102. The van der Waals surface area contributed by atoms with E-state index in [0.29, 0.717) is 11.8 Å². The highest BCUT2D eigenvalue weighted by Gasteiger charge is 2.38. The third-order valence-electron chi connectivity index (χ3n) is 0.674. The summed E-state index contributed by atoms with van der Waals surface area (Å²) in [6.45, 7) is 0.137. The Labute approximate surface area is 72.7 Å². The summed E-state index contributed by atoms with van der Waals surface area (Å²) in [7, 11) is 0. The van der Waals surface area contributed by atoms with E-state index in [1.165, 1.54) is 0 Å². The number of aliphatic hydroxyl groups is 1. The molecule has 7 heteroatoms. The first-order valence-electron chi connectivity index (χ1n) is 2.55. The summed E-state index contributed by atoms with van der Waals surface area (Å²) in [6, 6.07) is 0. The van der Waals surface area contributed by atoms with Gasteiger partial charge in [-0.25, -0.2) is 0 Å². The molecule has 1 unspecified atom stereocenters. The van der Waals surface area contributed by atoms with E-state index >= 15 is 0 Å². The van der Waals surface area contributed by atoms with Crippen LogP contribution in [-0.4, -0.2) is 29.0 Å². The molecule has 2 nitrogen and oxygen atoms in total. The van der Waals surface area contributed by atoms with Gasteiger partial charge in [0.05, 0.1) is 0 Å². The number of halogens is 4. The maximum Gasteiger partial charge on any atom is 0.423 e. The molecule has 0 radical (unpaired) electrons. The molecular formula is C4H9ClF3NOS. The lowest BCUT2D eigenvalue weighted by molar-refractivity contribution is -0.173. The minimum absolute atomic E-state index is 0. The molecule has 0 saturated carbocycles. The van der Waals surface area contributed by atoms with Crippen molar-refractivity contribution in [3.63, 3.8) is 0 Å². The van der Waals surface area contributed by atoms with E-state index < -0.39 is 11.6 Å². The Hall–Kier alpha value is 0.350. The maximum atomic E-state index is 11.5. The van der Waals surface area contributed by atoms with Gasteiger partial charge in [-0.2, -0.15) is 13.2 Å². The Morgan fingerprint density at radius 3 is 2.18 bits per heavy atom. The maximum absolute atomic E-state index is 11.5. The number of alkyl halides is 3. The molecule has 0 spiro atoms. The summed E-state index contributed by atoms with van der Waals surface area (Å²) in [4.78, 5) is 0. The van der Waals surface area contributed by atoms with Crippen molar-refractivity contribution in [2.45, 2.75) is 11.6 Å². The Balaban J connectivity index is 0. The number of hydrogen-bond donors (Lipinski definition) is 2. The standard InChI is InChI=1S/C4H8F3NOS.ClH/c5-4(6,7)3(9)10-2-1-8;/h3,9H,1-2,8H2;1H. The fourth-order valence-electron chi connectivity index (χ4n) is 0.274. The second kappa shape index (κ2) is 5.93. The van der Waals surface area contributed by atoms with E-state index in [1.807, 2.05) is 0 Å². The molecule has 0 heterocycles. The monoisotopic (exact) mass is 211 g/mol. The van der Waals surface area contributed by atoms with Gasteiger partial charge in [-0.1, -0.05) is 0 Å². The van der Waals surface area contributed by atoms with Crippen LogP contribution in [0.2, 0.25) is 0 Å². The van der Waals surface area contributed by atoms with Crippen LogP contribution in [0.25, 0.3) is 0 Å². The lowest BCUT2D eigenvalue weighted by Crippen LogP contribution is -2.26. The van der Waals surface area contributed by atoms with Crippen LogP contribution in [0.15, 0.2) is 0 Å². The van der Waals surface area contributed by atoms with E-state index in [9.17, 15) is 13.2 Å². The van der Waals surface area contributed by atoms with Gasteiger partial charge in [0.1, 0.15) is 0 Å². The lowest BCUT2D eigenvalue weighted by atomic mass is 10.7. The second-order valence-electron chi connectivity index (χ2n) is 1.55. The minimum atomic E-state index is -4.53. The Kier molecular flexibility index (Phi) is 7.50. The van der Waals surface area contributed by atoms with Crippen molar-refractivity contribution in [2.75, 3.05) is 12.3 Å². The van der Waals surface area contributed by atoms with Crippen molar-refractivity contribution in [2.24, 2.45) is 5.73 Å². The summed E-state index contributed by atoms with van der Waals surface area (Å²) < 4.78 is 34.4. The molecule has 11 heavy (non-hydrogen) atoms. The van der Waals surface area contributed by atoms with E-state index in [1.54, 1.807) is 0 Å². The predicted octanol–water partition coefficient (Wildman–Crippen LogP) is 0.981. The zero-order chi connectivity index (χ0) is 8.20. The normalized spacial score (nSPS) is 13.9. The molecule has 0 aliphatic heterocycles. The van der Waals surface area contributed by atoms with Gasteiger partial charge in [0.25, 0.3) is 0 Å². The Morgan fingerprint density at radius 1 is 1.45 bits per heavy atom. The highest BCUT2D eigenvalue weighted by Crippen LogP contribution is 2.27. The summed E-state index contributed by atoms with van der Waals surface area (Å²) in [5, 5.41) is 8.30. The number of hydrogen-bond acceptors (Lipinski definition) is 3. The van der Waals surface area contributed by atoms with Gasteiger partial charge in [-0.15, -0.1) is 24.2 Å². The lowest BCUT2D eigenvalue weighted by Gasteiger charge is -2.12. The van der Waals surface area contributed by atoms with Crippen LogP contribution in [0.5, 0.6) is 0 Å². The molecule has 0 aliphatic carbocycles. The first-order chi connectivity index (χ1) is 4.48. The van der Waals surface area contributed by atoms with Crippen molar-refractivity contribution in [3.05, 3.63) is 0 Å². The van der Waals surface area contributed by atoms with Crippen molar-refractivity contribution in [3.8, 4) is 0 Å². The van der Waals surface area contributed by atoms with Gasteiger partial charge >= 0.3 is 6.18 Å². The van der Waals surface area contributed by atoms with Crippen molar-refractivity contribution in [1.29, 1.82) is 0 Å². The van der Waals surface area contributed by atoms with Crippen molar-refractivity contribution >= 4 is 24.2 Å². The quantitative estimate of drug-likeness (QED) is 0.685. The number of thioether (sulfide) groups is 1. The largest absolute Gasteiger partial charge is 0.423 e. The van der Waals surface area contributed by atoms with Crippen molar-refractivity contribution < 1.29 is 18.3 Å². The van der Waals surface area contributed by atoms with Crippen LogP contribution >= 0.6 is 24.2 Å². The molecule has 0 aromatic heterocycles. The number of rotatable bonds is 3. The smallest absolute Gasteiger partial charge is 0.374 e. The third kappa shape index (κ3) is 6.74. The predicted molar refractivity (Wildman–Crippen MR) is 40.8 cm³/mol. The highest BCUT2D eigenvalue weighted by molar-refractivity contribution is 7.99. The van der Waals surface area contributed by atoms with Gasteiger partial charge in [0, 0.05) is 12.3 Å². The summed E-state index contributed by atoms with van der Waals surface area (Å²) in [6.07, 6.45) is -4.53. The SMILES string of the molecule is Cl.NCCSC(O)C(F)(F)F. The minimum Gasteiger partial charge on any atom is -0.374 e. The first kappa shape index (κ1) is 13.9. The average Bonchev–Trinajstić information content (AvgIpc) is 1.80. The summed E-state index contributed by atoms with van der Waals surface area (Å²) >= 11 is 0.389. The van der Waals surface area contributed by atoms with Crippen LogP contribution in [-0.2, 0) is 0 Å². The topological polar surface area (TPSA) is 46.2 Å². The van der Waals surface area contributed by atoms with Gasteiger partial charge in [0.15, 0.2) is 5.44 Å². The van der Waals surface area contributed by atoms with Gasteiger partial charge in [0.2, 0.25) is 0 Å². The molecule has 0 aliphatic rings. The first-order valence-corrected chi connectivity index (χ1v) is 3.60. The van der Waals surface area contributed by atoms with Gasteiger partial charge in [-0.05, 0) is 0 Å². The zero-order valence-electron chi connectivity index (χ0n) is 5.47. The summed E-state index contributed by atoms with van der Waals surface area (Å²) in [5.74, 6) is 0.112. The molecule has 0 aromatic rings.